The minimum Gasteiger partial charge on any atom is -0.396 e. The highest BCUT2D eigenvalue weighted by Crippen LogP contribution is 2.47. The number of ether oxygens (including phenoxy) is 1. The van der Waals surface area contributed by atoms with Crippen LogP contribution in [0.25, 0.3) is 0 Å². The number of nitrogens with zero attached hydrogens (tertiary/aromatic N) is 2. The van der Waals surface area contributed by atoms with Crippen molar-refractivity contribution in [3.8, 4) is 0 Å². The number of rotatable bonds is 8. The number of carbonyl (C=O) groups excluding carboxylic acids is 1. The predicted octanol–water partition coefficient (Wildman–Crippen LogP) is 4.88. The summed E-state index contributed by atoms with van der Waals surface area (Å²) in [6, 6.07) is 18.6. The Bertz CT molecular complexity index is 1110. The molecule has 0 bridgehead atoms. The van der Waals surface area contributed by atoms with E-state index in [2.05, 4.69) is 41.4 Å². The first-order chi connectivity index (χ1) is 18.2. The number of anilines is 2. The van der Waals surface area contributed by atoms with Gasteiger partial charge >= 0.3 is 0 Å². The second kappa shape index (κ2) is 11.1. The van der Waals surface area contributed by atoms with E-state index >= 15 is 4.11 Å². The maximum Gasteiger partial charge on any atom is 0.254 e. The van der Waals surface area contributed by atoms with Crippen molar-refractivity contribution in [3.63, 3.8) is 0 Å². The van der Waals surface area contributed by atoms with Crippen LogP contribution in [0.3, 0.4) is 0 Å². The number of amides is 1. The standard InChI is InChI=1S/C30H42FN3O3Si/c1-22-26(37-27(14-19-35)28(22)38(2,3)31)13-12-23-8-7-11-25(20-23)33-21-34(24-9-5-4-6-10-24)30(29(33)36)15-17-32-18-16-30/h4-11,20,22,26-28,32,35H,12-19,21H2,1-3H3/t22-,26+,27-,28+/m1/s1. The Hall–Kier alpha value is -2.26. The summed E-state index contributed by atoms with van der Waals surface area (Å²) in [6.45, 7) is 7.85. The van der Waals surface area contributed by atoms with E-state index < -0.39 is 13.9 Å². The van der Waals surface area contributed by atoms with Crippen molar-refractivity contribution >= 4 is 25.7 Å². The first kappa shape index (κ1) is 27.3. The monoisotopic (exact) mass is 539 g/mol. The molecule has 1 amide bonds. The highest BCUT2D eigenvalue weighted by molar-refractivity contribution is 6.72. The SMILES string of the molecule is C[C@H]1[C@H]([Si](C)(C)F)[C@@H](CCO)O[C@H]1CCc1cccc(N2CN(c3ccccc3)C3(CCNCC3)C2=O)c1. The van der Waals surface area contributed by atoms with Crippen LogP contribution >= 0.6 is 0 Å². The van der Waals surface area contributed by atoms with Crippen LogP contribution in [0.15, 0.2) is 54.6 Å². The second-order valence-electron chi connectivity index (χ2n) is 11.8. The smallest absolute Gasteiger partial charge is 0.254 e. The molecule has 2 N–H and O–H groups in total. The molecule has 2 aromatic carbocycles. The summed E-state index contributed by atoms with van der Waals surface area (Å²) in [5.41, 5.74) is 2.55. The van der Waals surface area contributed by atoms with Crippen molar-refractivity contribution in [3.05, 3.63) is 60.2 Å². The van der Waals surface area contributed by atoms with Crippen molar-refractivity contribution in [1.29, 1.82) is 0 Å². The zero-order valence-electron chi connectivity index (χ0n) is 22.9. The Morgan fingerprint density at radius 1 is 1.05 bits per heavy atom. The van der Waals surface area contributed by atoms with Gasteiger partial charge in [-0.05, 0) is 94.0 Å². The lowest BCUT2D eigenvalue weighted by Gasteiger charge is -2.39. The number of carbonyl (C=O) groups is 1. The van der Waals surface area contributed by atoms with Gasteiger partial charge in [-0.2, -0.15) is 0 Å². The number of nitrogens with one attached hydrogen (secondary N) is 1. The lowest BCUT2D eigenvalue weighted by molar-refractivity contribution is -0.122. The number of halogens is 1. The van der Waals surface area contributed by atoms with Crippen LogP contribution in [0.5, 0.6) is 0 Å². The minimum absolute atomic E-state index is 0.0224. The Balaban J connectivity index is 1.33. The first-order valence-electron chi connectivity index (χ1n) is 14.1. The third-order valence-corrected chi connectivity index (χ3v) is 11.5. The van der Waals surface area contributed by atoms with E-state index in [1.165, 1.54) is 0 Å². The normalized spacial score (nSPS) is 27.4. The van der Waals surface area contributed by atoms with Crippen LogP contribution in [0.1, 0.15) is 38.2 Å². The molecule has 3 saturated heterocycles. The predicted molar refractivity (Wildman–Crippen MR) is 153 cm³/mol. The lowest BCUT2D eigenvalue weighted by Crippen LogP contribution is -2.55. The van der Waals surface area contributed by atoms with Gasteiger partial charge in [-0.1, -0.05) is 37.3 Å². The molecule has 8 heteroatoms. The van der Waals surface area contributed by atoms with E-state index in [0.717, 1.165) is 55.7 Å². The molecule has 3 fully saturated rings. The summed E-state index contributed by atoms with van der Waals surface area (Å²) in [4.78, 5) is 18.2. The average Bonchev–Trinajstić information content (AvgIpc) is 3.37. The molecular weight excluding hydrogens is 497 g/mol. The summed E-state index contributed by atoms with van der Waals surface area (Å²) in [5.74, 6) is 0.304. The average molecular weight is 540 g/mol. The van der Waals surface area contributed by atoms with Gasteiger partial charge in [0.25, 0.3) is 5.91 Å². The summed E-state index contributed by atoms with van der Waals surface area (Å²) < 4.78 is 21.5. The van der Waals surface area contributed by atoms with Crippen molar-refractivity contribution in [1.82, 2.24) is 5.32 Å². The third-order valence-electron chi connectivity index (χ3n) is 8.99. The molecule has 3 aliphatic rings. The molecule has 38 heavy (non-hydrogen) atoms. The van der Waals surface area contributed by atoms with Gasteiger partial charge in [-0.15, -0.1) is 0 Å². The molecule has 5 rings (SSSR count). The van der Waals surface area contributed by atoms with Gasteiger partial charge in [0.1, 0.15) is 5.54 Å². The van der Waals surface area contributed by atoms with Crippen molar-refractivity contribution in [2.24, 2.45) is 5.92 Å². The van der Waals surface area contributed by atoms with E-state index in [1.807, 2.05) is 35.2 Å². The molecule has 0 aliphatic carbocycles. The van der Waals surface area contributed by atoms with Gasteiger partial charge < -0.3 is 24.2 Å². The van der Waals surface area contributed by atoms with Gasteiger partial charge in [0.05, 0.1) is 18.9 Å². The molecule has 3 aliphatic heterocycles. The zero-order chi connectivity index (χ0) is 26.9. The summed E-state index contributed by atoms with van der Waals surface area (Å²) in [5, 5.41) is 12.9. The van der Waals surface area contributed by atoms with Crippen molar-refractivity contribution < 1.29 is 18.7 Å². The Morgan fingerprint density at radius 2 is 1.76 bits per heavy atom. The van der Waals surface area contributed by atoms with Crippen LogP contribution in [0.4, 0.5) is 15.5 Å². The van der Waals surface area contributed by atoms with E-state index in [9.17, 15) is 9.90 Å². The van der Waals surface area contributed by atoms with E-state index in [4.69, 9.17) is 4.74 Å². The molecule has 0 unspecified atom stereocenters. The number of para-hydroxylation sites is 1. The molecule has 1 spiro atoms. The van der Waals surface area contributed by atoms with Gasteiger partial charge in [0.15, 0.2) is 0 Å². The highest BCUT2D eigenvalue weighted by Gasteiger charge is 2.53. The fraction of sp³-hybridized carbons (Fsp3) is 0.567. The number of hydrogen-bond acceptors (Lipinski definition) is 5. The third kappa shape index (κ3) is 5.16. The zero-order valence-corrected chi connectivity index (χ0v) is 23.9. The quantitative estimate of drug-likeness (QED) is 0.370. The molecule has 0 radical (unpaired) electrons. The van der Waals surface area contributed by atoms with E-state index in [-0.39, 0.29) is 36.2 Å². The molecule has 6 nitrogen and oxygen atoms in total. The number of aliphatic hydroxyl groups is 1. The summed E-state index contributed by atoms with van der Waals surface area (Å²) >= 11 is 0. The van der Waals surface area contributed by atoms with Crippen LogP contribution in [0.2, 0.25) is 18.6 Å². The number of benzene rings is 2. The first-order valence-corrected chi connectivity index (χ1v) is 17.1. The van der Waals surface area contributed by atoms with Crippen molar-refractivity contribution in [2.45, 2.75) is 75.4 Å². The minimum atomic E-state index is -2.92. The summed E-state index contributed by atoms with van der Waals surface area (Å²) in [6.07, 6.45) is 3.44. The number of hydrogen-bond donors (Lipinski definition) is 2. The second-order valence-corrected chi connectivity index (χ2v) is 15.6. The maximum absolute atomic E-state index is 15.2. The Kier molecular flexibility index (Phi) is 7.96. The largest absolute Gasteiger partial charge is 0.396 e. The summed E-state index contributed by atoms with van der Waals surface area (Å²) in [7, 11) is -2.92. The number of piperidine rings is 1. The molecule has 4 atom stereocenters. The number of aliphatic hydroxyl groups excluding tert-OH is 1. The molecule has 2 aromatic rings. The molecule has 0 aromatic heterocycles. The van der Waals surface area contributed by atoms with E-state index in [1.54, 1.807) is 13.1 Å². The van der Waals surface area contributed by atoms with E-state index in [0.29, 0.717) is 13.1 Å². The van der Waals surface area contributed by atoms with Crippen LogP contribution in [0, 0.1) is 5.92 Å². The van der Waals surface area contributed by atoms with Gasteiger partial charge in [0.2, 0.25) is 8.41 Å². The fourth-order valence-electron chi connectivity index (χ4n) is 7.13. The van der Waals surface area contributed by atoms with Gasteiger partial charge in [0, 0.05) is 23.5 Å². The highest BCUT2D eigenvalue weighted by atomic mass is 28.4. The maximum atomic E-state index is 15.2. The topological polar surface area (TPSA) is 65.0 Å². The molecule has 206 valence electrons. The molecular formula is C30H42FN3O3Si. The van der Waals surface area contributed by atoms with Crippen molar-refractivity contribution in [2.75, 3.05) is 36.2 Å². The Morgan fingerprint density at radius 3 is 2.45 bits per heavy atom. The molecule has 3 heterocycles. The number of aryl methyl sites for hydroxylation is 1. The van der Waals surface area contributed by atoms with Gasteiger partial charge in [-0.25, -0.2) is 0 Å². The fourth-order valence-corrected chi connectivity index (χ4v) is 9.73. The van der Waals surface area contributed by atoms with Crippen LogP contribution < -0.4 is 15.1 Å². The van der Waals surface area contributed by atoms with Crippen LogP contribution in [-0.2, 0) is 16.0 Å². The lowest BCUT2D eigenvalue weighted by atomic mass is 9.86. The van der Waals surface area contributed by atoms with Gasteiger partial charge in [-0.3, -0.25) is 9.69 Å². The Labute approximate surface area is 227 Å². The van der Waals surface area contributed by atoms with Crippen LogP contribution in [-0.4, -0.2) is 63.5 Å². The molecule has 0 saturated carbocycles.